The first kappa shape index (κ1) is 15.7. The van der Waals surface area contributed by atoms with Crippen LogP contribution >= 0.6 is 0 Å². The van der Waals surface area contributed by atoms with Crippen molar-refractivity contribution in [3.63, 3.8) is 0 Å². The predicted molar refractivity (Wildman–Crippen MR) is 90.5 cm³/mol. The number of hydrogen-bond acceptors (Lipinski definition) is 6. The molecule has 1 aliphatic rings. The number of nitrogens with one attached hydrogen (secondary N) is 1. The minimum atomic E-state index is 0.136. The largest absolute Gasteiger partial charge is 0.506 e. The number of nitrogens with zero attached hydrogens (tertiary/aromatic N) is 4. The lowest BCUT2D eigenvalue weighted by atomic mass is 10.1. The van der Waals surface area contributed by atoms with Gasteiger partial charge < -0.3 is 15.3 Å². The van der Waals surface area contributed by atoms with Gasteiger partial charge >= 0.3 is 0 Å². The Balaban J connectivity index is 1.80. The SMILES string of the molecule is Cc1cnc(-c2nnc(N[C@@H]3CCCN(C)C3)cc2C)c(O)c1. The number of aromatic nitrogens is 3. The lowest BCUT2D eigenvalue weighted by Gasteiger charge is -2.30. The summed E-state index contributed by atoms with van der Waals surface area (Å²) in [4.78, 5) is 6.61. The van der Waals surface area contributed by atoms with Crippen molar-refractivity contribution in [3.05, 3.63) is 29.5 Å². The highest BCUT2D eigenvalue weighted by Crippen LogP contribution is 2.28. The molecule has 2 N–H and O–H groups in total. The normalized spacial score (nSPS) is 18.8. The molecule has 122 valence electrons. The third kappa shape index (κ3) is 3.59. The molecular weight excluding hydrogens is 290 g/mol. The van der Waals surface area contributed by atoms with Gasteiger partial charge in [0.25, 0.3) is 0 Å². The Kier molecular flexibility index (Phi) is 4.43. The second-order valence-corrected chi connectivity index (χ2v) is 6.39. The van der Waals surface area contributed by atoms with E-state index in [2.05, 4.69) is 32.4 Å². The van der Waals surface area contributed by atoms with Crippen LogP contribution in [0, 0.1) is 13.8 Å². The molecule has 1 atom stereocenters. The minimum Gasteiger partial charge on any atom is -0.506 e. The summed E-state index contributed by atoms with van der Waals surface area (Å²) < 4.78 is 0. The Bertz CT molecular complexity index is 703. The number of likely N-dealkylation sites (N-methyl/N-ethyl adjacent to an activating group) is 1. The summed E-state index contributed by atoms with van der Waals surface area (Å²) in [7, 11) is 2.14. The summed E-state index contributed by atoms with van der Waals surface area (Å²) in [5.74, 6) is 0.912. The second-order valence-electron chi connectivity index (χ2n) is 6.39. The lowest BCUT2D eigenvalue weighted by molar-refractivity contribution is 0.260. The fraction of sp³-hybridized carbons (Fsp3) is 0.471. The van der Waals surface area contributed by atoms with Gasteiger partial charge in [-0.15, -0.1) is 10.2 Å². The zero-order valence-corrected chi connectivity index (χ0v) is 13.9. The van der Waals surface area contributed by atoms with E-state index in [0.717, 1.165) is 36.5 Å². The van der Waals surface area contributed by atoms with Gasteiger partial charge in [0.2, 0.25) is 0 Å². The molecule has 2 aromatic rings. The minimum absolute atomic E-state index is 0.136. The number of pyridine rings is 1. The van der Waals surface area contributed by atoms with Crippen LogP contribution in [-0.2, 0) is 0 Å². The summed E-state index contributed by atoms with van der Waals surface area (Å²) in [5, 5.41) is 22.1. The number of anilines is 1. The van der Waals surface area contributed by atoms with Crippen LogP contribution in [0.5, 0.6) is 5.75 Å². The standard InChI is InChI=1S/C17H23N5O/c1-11-7-14(23)17(18-9-11)16-12(2)8-15(20-21-16)19-13-5-4-6-22(3)10-13/h7-9,13,23H,4-6,10H2,1-3H3,(H,19,20)/t13-/m1/s1. The summed E-state index contributed by atoms with van der Waals surface area (Å²) in [5.41, 5.74) is 2.95. The van der Waals surface area contributed by atoms with Gasteiger partial charge in [-0.3, -0.25) is 4.98 Å². The molecule has 1 aliphatic heterocycles. The number of likely N-dealkylation sites (tertiary alicyclic amines) is 1. The zero-order valence-electron chi connectivity index (χ0n) is 13.9. The van der Waals surface area contributed by atoms with Crippen LogP contribution in [-0.4, -0.2) is 51.4 Å². The molecule has 6 nitrogen and oxygen atoms in total. The third-order valence-electron chi connectivity index (χ3n) is 4.19. The summed E-state index contributed by atoms with van der Waals surface area (Å²) >= 11 is 0. The van der Waals surface area contributed by atoms with Crippen LogP contribution in [0.1, 0.15) is 24.0 Å². The number of rotatable bonds is 3. The van der Waals surface area contributed by atoms with Gasteiger partial charge in [0.15, 0.2) is 0 Å². The quantitative estimate of drug-likeness (QED) is 0.906. The number of aryl methyl sites for hydroxylation is 2. The highest BCUT2D eigenvalue weighted by atomic mass is 16.3. The van der Waals surface area contributed by atoms with Crippen molar-refractivity contribution in [2.45, 2.75) is 32.7 Å². The van der Waals surface area contributed by atoms with Gasteiger partial charge in [0.1, 0.15) is 23.0 Å². The highest BCUT2D eigenvalue weighted by Gasteiger charge is 2.18. The summed E-state index contributed by atoms with van der Waals surface area (Å²) in [6, 6.07) is 4.06. The molecule has 0 spiro atoms. The van der Waals surface area contributed by atoms with E-state index in [1.807, 2.05) is 19.9 Å². The van der Waals surface area contributed by atoms with E-state index in [9.17, 15) is 5.11 Å². The number of aromatic hydroxyl groups is 1. The monoisotopic (exact) mass is 313 g/mol. The maximum absolute atomic E-state index is 10.1. The predicted octanol–water partition coefficient (Wildman–Crippen LogP) is 2.37. The molecule has 0 aliphatic carbocycles. The van der Waals surface area contributed by atoms with Gasteiger partial charge in [-0.2, -0.15) is 0 Å². The molecule has 0 aromatic carbocycles. The molecule has 0 unspecified atom stereocenters. The van der Waals surface area contributed by atoms with Crippen molar-refractivity contribution >= 4 is 5.82 Å². The van der Waals surface area contributed by atoms with Crippen LogP contribution in [0.2, 0.25) is 0 Å². The molecular formula is C17H23N5O. The second kappa shape index (κ2) is 6.50. The van der Waals surface area contributed by atoms with Gasteiger partial charge in [-0.05, 0) is 63.5 Å². The van der Waals surface area contributed by atoms with Crippen molar-refractivity contribution < 1.29 is 5.11 Å². The Morgan fingerprint density at radius 1 is 1.22 bits per heavy atom. The van der Waals surface area contributed by atoms with Crippen LogP contribution in [0.3, 0.4) is 0 Å². The molecule has 1 fully saturated rings. The zero-order chi connectivity index (χ0) is 16.4. The van der Waals surface area contributed by atoms with Crippen LogP contribution in [0.25, 0.3) is 11.4 Å². The van der Waals surface area contributed by atoms with Gasteiger partial charge in [0, 0.05) is 18.8 Å². The van der Waals surface area contributed by atoms with E-state index in [4.69, 9.17) is 0 Å². The molecule has 2 aromatic heterocycles. The van der Waals surface area contributed by atoms with Crippen molar-refractivity contribution in [2.75, 3.05) is 25.5 Å². The molecule has 0 saturated carbocycles. The lowest BCUT2D eigenvalue weighted by Crippen LogP contribution is -2.39. The van der Waals surface area contributed by atoms with Crippen molar-refractivity contribution in [1.82, 2.24) is 20.1 Å². The highest BCUT2D eigenvalue weighted by molar-refractivity contribution is 5.66. The number of hydrogen-bond donors (Lipinski definition) is 2. The smallest absolute Gasteiger partial charge is 0.149 e. The molecule has 0 radical (unpaired) electrons. The fourth-order valence-electron chi connectivity index (χ4n) is 3.02. The molecule has 3 heterocycles. The van der Waals surface area contributed by atoms with Gasteiger partial charge in [0.05, 0.1) is 0 Å². The maximum Gasteiger partial charge on any atom is 0.149 e. The van der Waals surface area contributed by atoms with E-state index in [1.54, 1.807) is 12.3 Å². The first-order chi connectivity index (χ1) is 11.0. The van der Waals surface area contributed by atoms with Gasteiger partial charge in [-0.25, -0.2) is 0 Å². The Morgan fingerprint density at radius 3 is 2.74 bits per heavy atom. The molecule has 23 heavy (non-hydrogen) atoms. The van der Waals surface area contributed by atoms with Crippen molar-refractivity contribution in [3.8, 4) is 17.1 Å². The number of piperidine rings is 1. The first-order valence-corrected chi connectivity index (χ1v) is 7.98. The van der Waals surface area contributed by atoms with Crippen molar-refractivity contribution in [2.24, 2.45) is 0 Å². The topological polar surface area (TPSA) is 74.2 Å². The molecule has 6 heteroatoms. The summed E-state index contributed by atoms with van der Waals surface area (Å²) in [6.45, 7) is 6.02. The summed E-state index contributed by atoms with van der Waals surface area (Å²) in [6.07, 6.45) is 4.06. The van der Waals surface area contributed by atoms with E-state index < -0.39 is 0 Å². The fourth-order valence-corrected chi connectivity index (χ4v) is 3.02. The molecule has 0 bridgehead atoms. The van der Waals surface area contributed by atoms with E-state index in [1.165, 1.54) is 6.42 Å². The Hall–Kier alpha value is -2.21. The first-order valence-electron chi connectivity index (χ1n) is 7.98. The van der Waals surface area contributed by atoms with Crippen molar-refractivity contribution in [1.29, 1.82) is 0 Å². The van der Waals surface area contributed by atoms with E-state index in [-0.39, 0.29) is 5.75 Å². The van der Waals surface area contributed by atoms with E-state index >= 15 is 0 Å². The van der Waals surface area contributed by atoms with E-state index in [0.29, 0.717) is 17.4 Å². The maximum atomic E-state index is 10.1. The Morgan fingerprint density at radius 2 is 2.04 bits per heavy atom. The van der Waals surface area contributed by atoms with Crippen LogP contribution < -0.4 is 5.32 Å². The Labute approximate surface area is 136 Å². The van der Waals surface area contributed by atoms with Crippen LogP contribution in [0.15, 0.2) is 18.3 Å². The average Bonchev–Trinajstić information content (AvgIpc) is 2.48. The van der Waals surface area contributed by atoms with Gasteiger partial charge in [-0.1, -0.05) is 0 Å². The molecule has 3 rings (SSSR count). The molecule has 1 saturated heterocycles. The van der Waals surface area contributed by atoms with Crippen LogP contribution in [0.4, 0.5) is 5.82 Å². The molecule has 0 amide bonds. The average molecular weight is 313 g/mol. The third-order valence-corrected chi connectivity index (χ3v) is 4.19.